The van der Waals surface area contributed by atoms with Crippen LogP contribution in [0.4, 0.5) is 0 Å². The number of hydrogen-bond acceptors (Lipinski definition) is 9. The fraction of sp³-hybridized carbons (Fsp3) is 0.522. The maximum absolute atomic E-state index is 13.0. The molecular formula is C23H35N5O9. The van der Waals surface area contributed by atoms with Gasteiger partial charge in [0, 0.05) is 6.42 Å². The molecule has 0 aromatic heterocycles. The number of aliphatic hydroxyl groups excluding tert-OH is 1. The lowest BCUT2D eigenvalue weighted by Gasteiger charge is -2.26. The standard InChI is InChI=1S/C23H35N5O9/c1-12(29)19(28-20(33)15(25)4-2-3-9-24)22(35)26-16(10-13-5-7-14(30)8-6-13)21(34)27-17(23(36)37)11-18(31)32/h5-8,12,15-17,19,29-30H,2-4,9-11,24-25H2,1H3,(H,26,35)(H,27,34)(H,28,33)(H,31,32)(H,36,37). The van der Waals surface area contributed by atoms with Crippen molar-refractivity contribution in [2.45, 2.75) is 69.3 Å². The minimum Gasteiger partial charge on any atom is -0.508 e. The molecule has 1 rings (SSSR count). The lowest BCUT2D eigenvalue weighted by Crippen LogP contribution is -2.60. The van der Waals surface area contributed by atoms with Crippen molar-refractivity contribution in [3.63, 3.8) is 0 Å². The number of unbranched alkanes of at least 4 members (excludes halogenated alkanes) is 1. The van der Waals surface area contributed by atoms with Gasteiger partial charge in [-0.25, -0.2) is 4.79 Å². The molecule has 11 N–H and O–H groups in total. The predicted molar refractivity (Wildman–Crippen MR) is 130 cm³/mol. The third-order valence-electron chi connectivity index (χ3n) is 5.37. The van der Waals surface area contributed by atoms with E-state index >= 15 is 0 Å². The number of carboxylic acid groups (broad SMARTS) is 2. The number of nitrogens with one attached hydrogen (secondary N) is 3. The molecule has 14 nitrogen and oxygen atoms in total. The van der Waals surface area contributed by atoms with Gasteiger partial charge in [-0.15, -0.1) is 0 Å². The van der Waals surface area contributed by atoms with Crippen molar-refractivity contribution in [1.29, 1.82) is 0 Å². The summed E-state index contributed by atoms with van der Waals surface area (Å²) in [6.07, 6.45) is -0.966. The summed E-state index contributed by atoms with van der Waals surface area (Å²) in [6, 6.07) is -0.0824. The van der Waals surface area contributed by atoms with Crippen LogP contribution in [0.15, 0.2) is 24.3 Å². The molecule has 5 atom stereocenters. The van der Waals surface area contributed by atoms with E-state index in [0.717, 1.165) is 0 Å². The molecule has 5 unspecified atom stereocenters. The van der Waals surface area contributed by atoms with E-state index in [0.29, 0.717) is 31.4 Å². The number of rotatable bonds is 16. The van der Waals surface area contributed by atoms with Crippen LogP contribution in [0, 0.1) is 0 Å². The van der Waals surface area contributed by atoms with Gasteiger partial charge < -0.3 is 47.8 Å². The first-order chi connectivity index (χ1) is 17.3. The number of nitrogens with two attached hydrogens (primary N) is 2. The van der Waals surface area contributed by atoms with Crippen LogP contribution in [-0.2, 0) is 30.4 Å². The van der Waals surface area contributed by atoms with Crippen LogP contribution in [-0.4, -0.2) is 86.9 Å². The highest BCUT2D eigenvalue weighted by atomic mass is 16.4. The molecule has 0 saturated carbocycles. The minimum atomic E-state index is -1.77. The van der Waals surface area contributed by atoms with Gasteiger partial charge in [0.15, 0.2) is 0 Å². The van der Waals surface area contributed by atoms with Gasteiger partial charge in [-0.1, -0.05) is 18.6 Å². The first kappa shape index (κ1) is 31.3. The van der Waals surface area contributed by atoms with Crippen LogP contribution in [0.5, 0.6) is 5.75 Å². The second kappa shape index (κ2) is 15.4. The molecular weight excluding hydrogens is 490 g/mol. The van der Waals surface area contributed by atoms with E-state index in [9.17, 15) is 39.3 Å². The van der Waals surface area contributed by atoms with Crippen LogP contribution in [0.3, 0.4) is 0 Å². The zero-order valence-electron chi connectivity index (χ0n) is 20.4. The third-order valence-corrected chi connectivity index (χ3v) is 5.37. The van der Waals surface area contributed by atoms with Crippen molar-refractivity contribution in [1.82, 2.24) is 16.0 Å². The van der Waals surface area contributed by atoms with Gasteiger partial charge in [0.1, 0.15) is 23.9 Å². The first-order valence-electron chi connectivity index (χ1n) is 11.6. The molecule has 0 aliphatic carbocycles. The second-order valence-corrected chi connectivity index (χ2v) is 8.55. The number of carbonyl (C=O) groups is 5. The summed E-state index contributed by atoms with van der Waals surface area (Å²) in [6.45, 7) is 1.67. The summed E-state index contributed by atoms with van der Waals surface area (Å²) < 4.78 is 0. The van der Waals surface area contributed by atoms with Crippen molar-refractivity contribution < 1.29 is 44.4 Å². The summed E-state index contributed by atoms with van der Waals surface area (Å²) >= 11 is 0. The van der Waals surface area contributed by atoms with E-state index in [2.05, 4.69) is 16.0 Å². The number of benzene rings is 1. The Labute approximate surface area is 213 Å². The van der Waals surface area contributed by atoms with Gasteiger partial charge in [0.2, 0.25) is 17.7 Å². The van der Waals surface area contributed by atoms with Crippen LogP contribution < -0.4 is 27.4 Å². The molecule has 0 bridgehead atoms. The van der Waals surface area contributed by atoms with E-state index in [4.69, 9.17) is 16.6 Å². The Balaban J connectivity index is 3.08. The smallest absolute Gasteiger partial charge is 0.326 e. The van der Waals surface area contributed by atoms with E-state index in [1.54, 1.807) is 0 Å². The van der Waals surface area contributed by atoms with Gasteiger partial charge >= 0.3 is 11.9 Å². The zero-order chi connectivity index (χ0) is 28.1. The van der Waals surface area contributed by atoms with Crippen molar-refractivity contribution in [3.8, 4) is 5.75 Å². The molecule has 0 spiro atoms. The van der Waals surface area contributed by atoms with Crippen molar-refractivity contribution in [2.75, 3.05) is 6.54 Å². The second-order valence-electron chi connectivity index (χ2n) is 8.55. The third kappa shape index (κ3) is 11.2. The van der Waals surface area contributed by atoms with E-state index in [1.807, 2.05) is 0 Å². The monoisotopic (exact) mass is 525 g/mol. The number of amides is 3. The number of phenolic OH excluding ortho intramolecular Hbond substituents is 1. The number of aromatic hydroxyl groups is 1. The highest BCUT2D eigenvalue weighted by Gasteiger charge is 2.33. The Hall–Kier alpha value is -3.75. The summed E-state index contributed by atoms with van der Waals surface area (Å²) in [4.78, 5) is 60.7. The molecule has 206 valence electrons. The molecule has 0 heterocycles. The van der Waals surface area contributed by atoms with Crippen molar-refractivity contribution >= 4 is 29.7 Å². The number of aliphatic carboxylic acids is 2. The van der Waals surface area contributed by atoms with Gasteiger partial charge in [-0.05, 0) is 44.0 Å². The van der Waals surface area contributed by atoms with Gasteiger partial charge in [-0.2, -0.15) is 0 Å². The highest BCUT2D eigenvalue weighted by Crippen LogP contribution is 2.12. The Morgan fingerprint density at radius 3 is 2.00 bits per heavy atom. The quantitative estimate of drug-likeness (QED) is 0.104. The fourth-order valence-electron chi connectivity index (χ4n) is 3.29. The Kier molecular flexibility index (Phi) is 13.0. The molecule has 0 aliphatic rings. The summed E-state index contributed by atoms with van der Waals surface area (Å²) in [5, 5.41) is 44.6. The Bertz CT molecular complexity index is 939. The van der Waals surface area contributed by atoms with Crippen LogP contribution >= 0.6 is 0 Å². The lowest BCUT2D eigenvalue weighted by atomic mass is 10.0. The van der Waals surface area contributed by atoms with Gasteiger partial charge in [0.05, 0.1) is 18.6 Å². The number of carboxylic acids is 2. The number of phenols is 1. The molecule has 0 radical (unpaired) electrons. The largest absolute Gasteiger partial charge is 0.508 e. The van der Waals surface area contributed by atoms with Gasteiger partial charge in [-0.3, -0.25) is 19.2 Å². The normalized spacial score (nSPS) is 14.9. The molecule has 14 heteroatoms. The first-order valence-corrected chi connectivity index (χ1v) is 11.6. The van der Waals surface area contributed by atoms with E-state index in [-0.39, 0.29) is 12.2 Å². The molecule has 1 aromatic carbocycles. The summed E-state index contributed by atoms with van der Waals surface area (Å²) in [5.74, 6) is -5.79. The molecule has 0 saturated heterocycles. The van der Waals surface area contributed by atoms with Crippen LogP contribution in [0.25, 0.3) is 0 Å². The van der Waals surface area contributed by atoms with E-state index < -0.39 is 66.4 Å². The number of aliphatic hydroxyl groups is 1. The highest BCUT2D eigenvalue weighted by molar-refractivity contribution is 5.95. The SMILES string of the molecule is CC(O)C(NC(=O)C(N)CCCCN)C(=O)NC(Cc1ccc(O)cc1)C(=O)NC(CC(=O)O)C(=O)O. The average Bonchev–Trinajstić information content (AvgIpc) is 2.82. The predicted octanol–water partition coefficient (Wildman–Crippen LogP) is -2.21. The Morgan fingerprint density at radius 2 is 1.49 bits per heavy atom. The molecule has 37 heavy (non-hydrogen) atoms. The molecule has 1 aromatic rings. The average molecular weight is 526 g/mol. The minimum absolute atomic E-state index is 0.0548. The van der Waals surface area contributed by atoms with Crippen molar-refractivity contribution in [3.05, 3.63) is 29.8 Å². The van der Waals surface area contributed by atoms with Gasteiger partial charge in [0.25, 0.3) is 0 Å². The maximum atomic E-state index is 13.0. The fourth-order valence-corrected chi connectivity index (χ4v) is 3.29. The number of carbonyl (C=O) groups excluding carboxylic acids is 3. The summed E-state index contributed by atoms with van der Waals surface area (Å²) in [5.41, 5.74) is 11.7. The molecule has 3 amide bonds. The Morgan fingerprint density at radius 1 is 0.892 bits per heavy atom. The van der Waals surface area contributed by atoms with Crippen LogP contribution in [0.1, 0.15) is 38.2 Å². The molecule has 0 aliphatic heterocycles. The zero-order valence-corrected chi connectivity index (χ0v) is 20.4. The number of hydrogen-bond donors (Lipinski definition) is 9. The topological polar surface area (TPSA) is 254 Å². The van der Waals surface area contributed by atoms with Crippen LogP contribution in [0.2, 0.25) is 0 Å². The lowest BCUT2D eigenvalue weighted by molar-refractivity contribution is -0.147. The molecule has 0 fully saturated rings. The van der Waals surface area contributed by atoms with Crippen molar-refractivity contribution in [2.24, 2.45) is 11.5 Å². The van der Waals surface area contributed by atoms with E-state index in [1.165, 1.54) is 31.2 Å². The summed E-state index contributed by atoms with van der Waals surface area (Å²) in [7, 11) is 0. The maximum Gasteiger partial charge on any atom is 0.326 e.